The first-order chi connectivity index (χ1) is 10.8. The molecule has 0 saturated heterocycles. The Hall–Kier alpha value is -2.94. The zero-order valence-corrected chi connectivity index (χ0v) is 12.1. The molecule has 0 N–H and O–H groups in total. The zero-order chi connectivity index (χ0) is 14.7. The van der Waals surface area contributed by atoms with Crippen molar-refractivity contribution in [2.24, 2.45) is 7.05 Å². The summed E-state index contributed by atoms with van der Waals surface area (Å²) >= 11 is 0. The van der Waals surface area contributed by atoms with Crippen molar-refractivity contribution < 1.29 is 0 Å². The molecule has 0 radical (unpaired) electrons. The van der Waals surface area contributed by atoms with E-state index in [1.807, 2.05) is 24.5 Å². The molecule has 0 aliphatic heterocycles. The summed E-state index contributed by atoms with van der Waals surface area (Å²) in [5, 5.41) is 6.02. The van der Waals surface area contributed by atoms with Crippen molar-refractivity contribution in [2.75, 3.05) is 0 Å². The molecule has 3 aromatic heterocycles. The Morgan fingerprint density at radius 1 is 0.818 bits per heavy atom. The van der Waals surface area contributed by atoms with Gasteiger partial charge in [-0.15, -0.1) is 0 Å². The lowest BCUT2D eigenvalue weighted by atomic mass is 9.99. The van der Waals surface area contributed by atoms with Crippen LogP contribution in [0.5, 0.6) is 0 Å². The number of fused-ring (bicyclic) bond motifs is 7. The first-order valence-electron chi connectivity index (χ1n) is 7.33. The quantitative estimate of drug-likeness (QED) is 0.311. The van der Waals surface area contributed by atoms with Crippen LogP contribution in [0.25, 0.3) is 43.5 Å². The number of rotatable bonds is 0. The maximum absolute atomic E-state index is 4.62. The van der Waals surface area contributed by atoms with Gasteiger partial charge in [0.05, 0.1) is 16.6 Å². The molecule has 0 aliphatic carbocycles. The van der Waals surface area contributed by atoms with E-state index in [-0.39, 0.29) is 0 Å². The maximum Gasteiger partial charge on any atom is 0.0802 e. The predicted molar refractivity (Wildman–Crippen MR) is 91.0 cm³/mol. The van der Waals surface area contributed by atoms with Crippen LogP contribution in [0, 0.1) is 0 Å². The fourth-order valence-electron chi connectivity index (χ4n) is 3.43. The molecule has 5 aromatic rings. The molecule has 0 saturated carbocycles. The van der Waals surface area contributed by atoms with Gasteiger partial charge in [0.25, 0.3) is 0 Å². The van der Waals surface area contributed by atoms with E-state index in [2.05, 4.69) is 58.1 Å². The van der Waals surface area contributed by atoms with Gasteiger partial charge >= 0.3 is 0 Å². The summed E-state index contributed by atoms with van der Waals surface area (Å²) in [4.78, 5) is 9.12. The first-order valence-corrected chi connectivity index (χ1v) is 7.33. The normalized spacial score (nSPS) is 11.9. The van der Waals surface area contributed by atoms with Crippen molar-refractivity contribution in [3.63, 3.8) is 0 Å². The average molecular weight is 283 g/mol. The van der Waals surface area contributed by atoms with Gasteiger partial charge in [-0.3, -0.25) is 9.97 Å². The van der Waals surface area contributed by atoms with Gasteiger partial charge in [0.15, 0.2) is 0 Å². The van der Waals surface area contributed by atoms with Crippen LogP contribution in [0.15, 0.2) is 61.1 Å². The van der Waals surface area contributed by atoms with Crippen LogP contribution in [-0.2, 0) is 7.05 Å². The maximum atomic E-state index is 4.62. The second-order valence-electron chi connectivity index (χ2n) is 5.68. The van der Waals surface area contributed by atoms with Crippen LogP contribution in [0.4, 0.5) is 0 Å². The van der Waals surface area contributed by atoms with Gasteiger partial charge in [-0.25, -0.2) is 0 Å². The lowest BCUT2D eigenvalue weighted by Gasteiger charge is -2.09. The van der Waals surface area contributed by atoms with Gasteiger partial charge in [0, 0.05) is 47.2 Å². The lowest BCUT2D eigenvalue weighted by molar-refractivity contribution is 0.973. The third-order valence-corrected chi connectivity index (χ3v) is 4.42. The number of aromatic nitrogens is 3. The monoisotopic (exact) mass is 283 g/mol. The highest BCUT2D eigenvalue weighted by atomic mass is 14.9. The van der Waals surface area contributed by atoms with E-state index in [4.69, 9.17) is 0 Å². The summed E-state index contributed by atoms with van der Waals surface area (Å²) < 4.78 is 2.17. The van der Waals surface area contributed by atoms with Crippen LogP contribution < -0.4 is 0 Å². The minimum Gasteiger partial charge on any atom is -0.350 e. The molecule has 3 nitrogen and oxygen atoms in total. The zero-order valence-electron chi connectivity index (χ0n) is 12.1. The van der Waals surface area contributed by atoms with E-state index >= 15 is 0 Å². The Morgan fingerprint density at radius 3 is 2.64 bits per heavy atom. The van der Waals surface area contributed by atoms with Crippen molar-refractivity contribution in [3.05, 3.63) is 61.1 Å². The number of hydrogen-bond donors (Lipinski definition) is 0. The molecular weight excluding hydrogens is 270 g/mol. The molecule has 0 atom stereocenters. The summed E-state index contributed by atoms with van der Waals surface area (Å²) in [6.07, 6.45) is 5.81. The Labute approximate surface area is 126 Å². The number of nitrogens with zero attached hydrogens (tertiary/aromatic N) is 3. The molecule has 0 bridgehead atoms. The fraction of sp³-hybridized carbons (Fsp3) is 0.0526. The van der Waals surface area contributed by atoms with Gasteiger partial charge in [0.2, 0.25) is 0 Å². The Balaban J connectivity index is 2.19. The predicted octanol–water partition coefficient (Wildman–Crippen LogP) is 4.43. The molecule has 0 amide bonds. The molecule has 2 aromatic carbocycles. The molecule has 5 rings (SSSR count). The largest absolute Gasteiger partial charge is 0.350 e. The molecular formula is C19H13N3. The summed E-state index contributed by atoms with van der Waals surface area (Å²) in [5.41, 5.74) is 3.31. The van der Waals surface area contributed by atoms with Crippen molar-refractivity contribution in [1.29, 1.82) is 0 Å². The van der Waals surface area contributed by atoms with Crippen molar-refractivity contribution in [1.82, 2.24) is 14.5 Å². The summed E-state index contributed by atoms with van der Waals surface area (Å²) in [6.45, 7) is 0. The van der Waals surface area contributed by atoms with Crippen LogP contribution >= 0.6 is 0 Å². The highest BCUT2D eigenvalue weighted by molar-refractivity contribution is 6.25. The SMILES string of the molecule is Cn1ccc2c3ncccc3c3cc4ncccc4cc3c21. The summed E-state index contributed by atoms with van der Waals surface area (Å²) in [7, 11) is 2.09. The Bertz CT molecular complexity index is 1190. The smallest absolute Gasteiger partial charge is 0.0802 e. The van der Waals surface area contributed by atoms with Gasteiger partial charge < -0.3 is 4.57 Å². The second-order valence-corrected chi connectivity index (χ2v) is 5.68. The van der Waals surface area contributed by atoms with E-state index in [9.17, 15) is 0 Å². The van der Waals surface area contributed by atoms with Crippen LogP contribution in [-0.4, -0.2) is 14.5 Å². The molecule has 3 heterocycles. The first kappa shape index (κ1) is 11.7. The molecule has 0 aliphatic rings. The minimum atomic E-state index is 1.02. The van der Waals surface area contributed by atoms with Crippen LogP contribution in [0.1, 0.15) is 0 Å². The number of pyridine rings is 2. The average Bonchev–Trinajstić information content (AvgIpc) is 2.96. The van der Waals surface area contributed by atoms with Crippen molar-refractivity contribution in [3.8, 4) is 0 Å². The number of hydrogen-bond acceptors (Lipinski definition) is 2. The molecule has 0 spiro atoms. The third kappa shape index (κ3) is 1.40. The van der Waals surface area contributed by atoms with E-state index in [1.54, 1.807) is 0 Å². The highest BCUT2D eigenvalue weighted by Gasteiger charge is 2.12. The van der Waals surface area contributed by atoms with Gasteiger partial charge in [-0.2, -0.15) is 0 Å². The molecule has 0 fully saturated rings. The third-order valence-electron chi connectivity index (χ3n) is 4.42. The minimum absolute atomic E-state index is 1.02. The molecule has 104 valence electrons. The van der Waals surface area contributed by atoms with E-state index in [1.165, 1.54) is 32.4 Å². The Kier molecular flexibility index (Phi) is 2.15. The highest BCUT2D eigenvalue weighted by Crippen LogP contribution is 2.35. The second kappa shape index (κ2) is 4.04. The summed E-state index contributed by atoms with van der Waals surface area (Å²) in [5.74, 6) is 0. The van der Waals surface area contributed by atoms with Crippen molar-refractivity contribution >= 4 is 43.5 Å². The molecule has 22 heavy (non-hydrogen) atoms. The topological polar surface area (TPSA) is 30.7 Å². The summed E-state index contributed by atoms with van der Waals surface area (Å²) in [6, 6.07) is 14.8. The van der Waals surface area contributed by atoms with E-state index in [0.717, 1.165) is 11.0 Å². The van der Waals surface area contributed by atoms with Gasteiger partial charge in [0.1, 0.15) is 0 Å². The molecule has 0 unspecified atom stereocenters. The Morgan fingerprint density at radius 2 is 1.68 bits per heavy atom. The van der Waals surface area contributed by atoms with Crippen molar-refractivity contribution in [2.45, 2.75) is 0 Å². The molecule has 3 heteroatoms. The number of benzene rings is 2. The van der Waals surface area contributed by atoms with E-state index in [0.29, 0.717) is 0 Å². The van der Waals surface area contributed by atoms with E-state index < -0.39 is 0 Å². The number of aryl methyl sites for hydroxylation is 1. The standard InChI is InChI=1S/C19H13N3/c1-22-9-6-14-18-13(5-3-8-21-18)15-11-17-12(4-2-7-20-17)10-16(15)19(14)22/h2-11H,1H3. The lowest BCUT2D eigenvalue weighted by Crippen LogP contribution is -1.90. The van der Waals surface area contributed by atoms with Gasteiger partial charge in [-0.05, 0) is 35.7 Å². The fourth-order valence-corrected chi connectivity index (χ4v) is 3.43. The van der Waals surface area contributed by atoms with Crippen LogP contribution in [0.2, 0.25) is 0 Å². The van der Waals surface area contributed by atoms with Crippen LogP contribution in [0.3, 0.4) is 0 Å². The van der Waals surface area contributed by atoms with Gasteiger partial charge in [-0.1, -0.05) is 12.1 Å².